The summed E-state index contributed by atoms with van der Waals surface area (Å²) in [6, 6.07) is 9.89. The van der Waals surface area contributed by atoms with Crippen LogP contribution in [0.1, 0.15) is 24.5 Å². The number of para-hydroxylation sites is 1. The van der Waals surface area contributed by atoms with Gasteiger partial charge in [-0.05, 0) is 43.7 Å². The van der Waals surface area contributed by atoms with E-state index in [4.69, 9.17) is 5.26 Å². The van der Waals surface area contributed by atoms with Crippen LogP contribution in [0.15, 0.2) is 41.4 Å². The van der Waals surface area contributed by atoms with Crippen molar-refractivity contribution in [2.24, 2.45) is 4.99 Å². The second-order valence-corrected chi connectivity index (χ2v) is 6.76. The average molecular weight is 401 g/mol. The van der Waals surface area contributed by atoms with E-state index in [2.05, 4.69) is 15.6 Å². The third-order valence-electron chi connectivity index (χ3n) is 4.71. The van der Waals surface area contributed by atoms with Crippen LogP contribution < -0.4 is 15.5 Å². The van der Waals surface area contributed by atoms with E-state index in [1.165, 1.54) is 36.4 Å². The van der Waals surface area contributed by atoms with Crippen LogP contribution in [-0.2, 0) is 6.54 Å². The highest BCUT2D eigenvalue weighted by molar-refractivity contribution is 5.80. The summed E-state index contributed by atoms with van der Waals surface area (Å²) in [4.78, 5) is 6.06. The topological polar surface area (TPSA) is 63.5 Å². The Morgan fingerprint density at radius 2 is 1.97 bits per heavy atom. The van der Waals surface area contributed by atoms with Crippen LogP contribution >= 0.6 is 0 Å². The van der Waals surface area contributed by atoms with Gasteiger partial charge in [0.25, 0.3) is 0 Å². The summed E-state index contributed by atoms with van der Waals surface area (Å²) in [5.74, 6) is -1.11. The van der Waals surface area contributed by atoms with Gasteiger partial charge >= 0.3 is 0 Å². The number of benzene rings is 2. The Morgan fingerprint density at radius 1 is 1.21 bits per heavy atom. The SMILES string of the molecule is CCNC(=NCc1cc(C#N)ccc1F)NC1CCN(c2c(F)cccc2F)C1. The summed E-state index contributed by atoms with van der Waals surface area (Å²) in [5, 5.41) is 15.3. The second kappa shape index (κ2) is 9.32. The highest BCUT2D eigenvalue weighted by atomic mass is 19.1. The van der Waals surface area contributed by atoms with Crippen LogP contribution in [0.2, 0.25) is 0 Å². The van der Waals surface area contributed by atoms with Gasteiger partial charge in [-0.25, -0.2) is 18.2 Å². The Bertz CT molecular complexity index is 918. The smallest absolute Gasteiger partial charge is 0.191 e. The minimum atomic E-state index is -0.584. The molecule has 1 unspecified atom stereocenters. The molecule has 0 aliphatic carbocycles. The minimum Gasteiger partial charge on any atom is -0.365 e. The Labute approximate surface area is 167 Å². The molecule has 29 heavy (non-hydrogen) atoms. The molecule has 1 aliphatic rings. The number of nitrogens with zero attached hydrogens (tertiary/aromatic N) is 3. The zero-order valence-corrected chi connectivity index (χ0v) is 16.1. The van der Waals surface area contributed by atoms with Crippen molar-refractivity contribution in [3.63, 3.8) is 0 Å². The van der Waals surface area contributed by atoms with Crippen molar-refractivity contribution >= 4 is 11.6 Å². The summed E-state index contributed by atoms with van der Waals surface area (Å²) in [6.45, 7) is 3.50. The van der Waals surface area contributed by atoms with Gasteiger partial charge in [-0.3, -0.25) is 0 Å². The van der Waals surface area contributed by atoms with E-state index in [1.54, 1.807) is 4.90 Å². The average Bonchev–Trinajstić information content (AvgIpc) is 3.15. The number of anilines is 1. The summed E-state index contributed by atoms with van der Waals surface area (Å²) < 4.78 is 42.0. The highest BCUT2D eigenvalue weighted by Gasteiger charge is 2.27. The lowest BCUT2D eigenvalue weighted by atomic mass is 10.1. The summed E-state index contributed by atoms with van der Waals surface area (Å²) >= 11 is 0. The van der Waals surface area contributed by atoms with Crippen molar-refractivity contribution in [2.45, 2.75) is 25.9 Å². The molecule has 3 rings (SSSR count). The predicted octanol–water partition coefficient (Wildman–Crippen LogP) is 3.31. The molecule has 1 aliphatic heterocycles. The molecule has 2 aromatic rings. The number of nitriles is 1. The molecule has 1 fully saturated rings. The van der Waals surface area contributed by atoms with E-state index < -0.39 is 17.5 Å². The van der Waals surface area contributed by atoms with E-state index in [-0.39, 0.29) is 18.3 Å². The van der Waals surface area contributed by atoms with Gasteiger partial charge in [-0.15, -0.1) is 0 Å². The number of guanidine groups is 1. The van der Waals surface area contributed by atoms with Gasteiger partial charge in [0.15, 0.2) is 5.96 Å². The summed E-state index contributed by atoms with van der Waals surface area (Å²) in [6.07, 6.45) is 0.677. The number of hydrogen-bond acceptors (Lipinski definition) is 3. The molecule has 0 amide bonds. The molecule has 0 saturated carbocycles. The summed E-state index contributed by atoms with van der Waals surface area (Å²) in [5.41, 5.74) is 0.671. The molecule has 1 heterocycles. The van der Waals surface area contributed by atoms with E-state index >= 15 is 0 Å². The molecular formula is C21H22F3N5. The van der Waals surface area contributed by atoms with Gasteiger partial charge < -0.3 is 15.5 Å². The standard InChI is InChI=1S/C21H22F3N5/c1-2-26-21(27-12-15-10-14(11-25)6-7-17(15)22)28-16-8-9-29(13-16)20-18(23)4-3-5-19(20)24/h3-7,10,16H,2,8-9,12-13H2,1H3,(H2,26,27,28). The molecule has 0 bridgehead atoms. The molecule has 5 nitrogen and oxygen atoms in total. The van der Waals surface area contributed by atoms with Crippen molar-refractivity contribution in [2.75, 3.05) is 24.5 Å². The number of rotatable bonds is 5. The Hall–Kier alpha value is -3.21. The van der Waals surface area contributed by atoms with Gasteiger partial charge in [0.05, 0.1) is 18.2 Å². The molecule has 1 saturated heterocycles. The number of nitrogens with one attached hydrogen (secondary N) is 2. The fourth-order valence-electron chi connectivity index (χ4n) is 3.32. The first kappa shape index (κ1) is 20.5. The lowest BCUT2D eigenvalue weighted by molar-refractivity contribution is 0.576. The molecule has 8 heteroatoms. The van der Waals surface area contributed by atoms with Crippen LogP contribution in [-0.4, -0.2) is 31.6 Å². The molecular weight excluding hydrogens is 379 g/mol. The Morgan fingerprint density at radius 3 is 2.66 bits per heavy atom. The van der Waals surface area contributed by atoms with Crippen molar-refractivity contribution in [3.05, 3.63) is 65.0 Å². The molecule has 152 valence electrons. The predicted molar refractivity (Wildman–Crippen MR) is 106 cm³/mol. The van der Waals surface area contributed by atoms with E-state index in [0.29, 0.717) is 43.1 Å². The van der Waals surface area contributed by atoms with E-state index in [0.717, 1.165) is 0 Å². The van der Waals surface area contributed by atoms with E-state index in [1.807, 2.05) is 13.0 Å². The normalized spacial score (nSPS) is 16.6. The first-order valence-electron chi connectivity index (χ1n) is 9.44. The molecule has 0 spiro atoms. The van der Waals surface area contributed by atoms with Gasteiger partial charge in [-0.2, -0.15) is 5.26 Å². The first-order valence-corrected chi connectivity index (χ1v) is 9.44. The molecule has 2 N–H and O–H groups in total. The summed E-state index contributed by atoms with van der Waals surface area (Å²) in [7, 11) is 0. The maximum absolute atomic E-state index is 14.0. The largest absolute Gasteiger partial charge is 0.365 e. The van der Waals surface area contributed by atoms with Crippen LogP contribution in [0.25, 0.3) is 0 Å². The van der Waals surface area contributed by atoms with Gasteiger partial charge in [0.1, 0.15) is 23.1 Å². The van der Waals surface area contributed by atoms with Crippen LogP contribution in [0.5, 0.6) is 0 Å². The zero-order valence-electron chi connectivity index (χ0n) is 16.1. The van der Waals surface area contributed by atoms with Crippen LogP contribution in [0.3, 0.4) is 0 Å². The fraction of sp³-hybridized carbons (Fsp3) is 0.333. The minimum absolute atomic E-state index is 0.0193. The lowest BCUT2D eigenvalue weighted by Crippen LogP contribution is -2.44. The van der Waals surface area contributed by atoms with Crippen LogP contribution in [0.4, 0.5) is 18.9 Å². The first-order chi connectivity index (χ1) is 14.0. The number of aliphatic imine (C=N–C) groups is 1. The Balaban J connectivity index is 1.68. The third-order valence-corrected chi connectivity index (χ3v) is 4.71. The van der Waals surface area contributed by atoms with Gasteiger partial charge in [0, 0.05) is 31.2 Å². The van der Waals surface area contributed by atoms with Crippen molar-refractivity contribution in [1.82, 2.24) is 10.6 Å². The van der Waals surface area contributed by atoms with Crippen molar-refractivity contribution in [3.8, 4) is 6.07 Å². The molecule has 0 radical (unpaired) electrons. The van der Waals surface area contributed by atoms with Gasteiger partial charge in [0.2, 0.25) is 0 Å². The van der Waals surface area contributed by atoms with Gasteiger partial charge in [-0.1, -0.05) is 6.07 Å². The highest BCUT2D eigenvalue weighted by Crippen LogP contribution is 2.26. The lowest BCUT2D eigenvalue weighted by Gasteiger charge is -2.21. The maximum atomic E-state index is 14.0. The number of hydrogen-bond donors (Lipinski definition) is 2. The third kappa shape index (κ3) is 4.99. The molecule has 0 aromatic heterocycles. The zero-order chi connectivity index (χ0) is 20.8. The maximum Gasteiger partial charge on any atom is 0.191 e. The van der Waals surface area contributed by atoms with Crippen molar-refractivity contribution < 1.29 is 13.2 Å². The molecule has 2 aromatic carbocycles. The second-order valence-electron chi connectivity index (χ2n) is 6.76. The molecule has 1 atom stereocenters. The Kier molecular flexibility index (Phi) is 6.60. The quantitative estimate of drug-likeness (QED) is 0.596. The van der Waals surface area contributed by atoms with Crippen molar-refractivity contribution in [1.29, 1.82) is 5.26 Å². The number of halogens is 3. The van der Waals surface area contributed by atoms with E-state index in [9.17, 15) is 13.2 Å². The van der Waals surface area contributed by atoms with Crippen LogP contribution in [0, 0.1) is 28.8 Å². The fourth-order valence-corrected chi connectivity index (χ4v) is 3.32. The monoisotopic (exact) mass is 401 g/mol.